The molecule has 1 aromatic rings. The molecule has 0 bridgehead atoms. The number of fused-ring (bicyclic) bond motifs is 5. The average molecular weight is 553 g/mol. The molecule has 2 aliphatic heterocycles. The minimum absolute atomic E-state index is 0.187. The smallest absolute Gasteiger partial charge is 0.102 e. The standard InChI is InChI=1S/C35H56N2O3/c1-33-13-9-29(39-23-20-36-16-3-4-17-36)25-27(33)7-8-30-31(33)10-14-34(2)32(30)11-15-35(34,28-12-22-38-26-28)40-24-21-37-18-5-6-19-37/h12,22,26-27,29-32H,3-11,13-21,23-25H2,1-2H3/t27?,29?,30-,31-,32+,33+,34+,35?/m1/s1. The molecule has 4 saturated carbocycles. The van der Waals surface area contributed by atoms with Crippen LogP contribution >= 0.6 is 0 Å². The summed E-state index contributed by atoms with van der Waals surface area (Å²) in [5, 5.41) is 0. The molecule has 7 rings (SSSR count). The molecule has 0 amide bonds. The van der Waals surface area contributed by atoms with Gasteiger partial charge in [-0.15, -0.1) is 0 Å². The highest BCUT2D eigenvalue weighted by Gasteiger charge is 2.66. The summed E-state index contributed by atoms with van der Waals surface area (Å²) in [4.78, 5) is 5.20. The maximum atomic E-state index is 7.15. The van der Waals surface area contributed by atoms with Crippen LogP contribution < -0.4 is 0 Å². The number of hydrogen-bond acceptors (Lipinski definition) is 5. The zero-order valence-electron chi connectivity index (χ0n) is 25.6. The normalized spacial score (nSPS) is 44.0. The van der Waals surface area contributed by atoms with E-state index in [-0.39, 0.29) is 11.0 Å². The van der Waals surface area contributed by atoms with E-state index in [1.165, 1.54) is 109 Å². The minimum Gasteiger partial charge on any atom is -0.472 e. The lowest BCUT2D eigenvalue weighted by atomic mass is 9.44. The molecule has 5 heteroatoms. The molecule has 3 heterocycles. The fraction of sp³-hybridized carbons (Fsp3) is 0.886. The van der Waals surface area contributed by atoms with Crippen molar-refractivity contribution >= 4 is 0 Å². The summed E-state index contributed by atoms with van der Waals surface area (Å²) in [6.07, 6.45) is 21.8. The third-order valence-corrected chi connectivity index (χ3v) is 13.6. The van der Waals surface area contributed by atoms with Crippen LogP contribution in [0, 0.1) is 34.5 Å². The van der Waals surface area contributed by atoms with Crippen molar-refractivity contribution in [3.8, 4) is 0 Å². The quantitative estimate of drug-likeness (QED) is 0.326. The predicted molar refractivity (Wildman–Crippen MR) is 159 cm³/mol. The molecule has 5 nitrogen and oxygen atoms in total. The Labute approximate surface area is 243 Å². The number of hydrogen-bond donors (Lipinski definition) is 0. The third-order valence-electron chi connectivity index (χ3n) is 13.6. The van der Waals surface area contributed by atoms with Crippen molar-refractivity contribution in [2.24, 2.45) is 34.5 Å². The van der Waals surface area contributed by atoms with E-state index in [2.05, 4.69) is 29.7 Å². The van der Waals surface area contributed by atoms with E-state index in [0.717, 1.165) is 56.4 Å². The van der Waals surface area contributed by atoms with Gasteiger partial charge in [-0.1, -0.05) is 13.8 Å². The Morgan fingerprint density at radius 2 is 1.55 bits per heavy atom. The predicted octanol–water partition coefficient (Wildman–Crippen LogP) is 7.11. The molecule has 0 aromatic carbocycles. The van der Waals surface area contributed by atoms with Crippen LogP contribution in [0.15, 0.2) is 23.0 Å². The van der Waals surface area contributed by atoms with Gasteiger partial charge in [0.25, 0.3) is 0 Å². The maximum Gasteiger partial charge on any atom is 0.102 e. The third kappa shape index (κ3) is 4.74. The Bertz CT molecular complexity index is 971. The van der Waals surface area contributed by atoms with Crippen LogP contribution in [0.2, 0.25) is 0 Å². The molecule has 4 aliphatic carbocycles. The summed E-state index contributed by atoms with van der Waals surface area (Å²) in [5.74, 6) is 3.34. The molecule has 0 spiro atoms. The van der Waals surface area contributed by atoms with Gasteiger partial charge in [0.15, 0.2) is 0 Å². The van der Waals surface area contributed by atoms with Gasteiger partial charge < -0.3 is 23.7 Å². The first-order valence-corrected chi connectivity index (χ1v) is 17.2. The first-order chi connectivity index (χ1) is 19.5. The van der Waals surface area contributed by atoms with Crippen LogP contribution in [-0.2, 0) is 15.1 Å². The van der Waals surface area contributed by atoms with Gasteiger partial charge in [0.1, 0.15) is 5.60 Å². The number of furan rings is 1. The molecular weight excluding hydrogens is 496 g/mol. The fourth-order valence-electron chi connectivity index (χ4n) is 11.4. The second-order valence-corrected chi connectivity index (χ2v) is 15.2. The molecule has 6 fully saturated rings. The fourth-order valence-corrected chi connectivity index (χ4v) is 11.4. The summed E-state index contributed by atoms with van der Waals surface area (Å²) in [6.45, 7) is 14.4. The topological polar surface area (TPSA) is 38.1 Å². The molecule has 2 saturated heterocycles. The Hall–Kier alpha value is -0.880. The van der Waals surface area contributed by atoms with E-state index in [9.17, 15) is 0 Å². The minimum atomic E-state index is -0.187. The van der Waals surface area contributed by atoms with Crippen molar-refractivity contribution < 1.29 is 13.9 Å². The van der Waals surface area contributed by atoms with Gasteiger partial charge in [0.05, 0.1) is 31.8 Å². The van der Waals surface area contributed by atoms with Gasteiger partial charge in [0, 0.05) is 24.1 Å². The lowest BCUT2D eigenvalue weighted by Crippen LogP contribution is -2.56. The monoisotopic (exact) mass is 552 g/mol. The average Bonchev–Trinajstić information content (AvgIpc) is 3.77. The van der Waals surface area contributed by atoms with Crippen molar-refractivity contribution in [2.45, 2.75) is 109 Å². The summed E-state index contributed by atoms with van der Waals surface area (Å²) in [5.41, 5.74) is 1.82. The van der Waals surface area contributed by atoms with Crippen molar-refractivity contribution in [3.05, 3.63) is 24.2 Å². The zero-order chi connectivity index (χ0) is 27.2. The van der Waals surface area contributed by atoms with Crippen LogP contribution in [0.25, 0.3) is 0 Å². The van der Waals surface area contributed by atoms with Crippen LogP contribution in [0.5, 0.6) is 0 Å². The van der Waals surface area contributed by atoms with Gasteiger partial charge >= 0.3 is 0 Å². The van der Waals surface area contributed by atoms with Gasteiger partial charge in [0.2, 0.25) is 0 Å². The van der Waals surface area contributed by atoms with E-state index < -0.39 is 0 Å². The van der Waals surface area contributed by atoms with Crippen molar-refractivity contribution in [1.29, 1.82) is 0 Å². The van der Waals surface area contributed by atoms with E-state index in [1.54, 1.807) is 0 Å². The number of rotatable bonds is 9. The molecule has 1 aromatic heterocycles. The lowest BCUT2D eigenvalue weighted by Gasteiger charge is -2.62. The lowest BCUT2D eigenvalue weighted by molar-refractivity contribution is -0.185. The largest absolute Gasteiger partial charge is 0.472 e. The van der Waals surface area contributed by atoms with E-state index in [0.29, 0.717) is 11.5 Å². The van der Waals surface area contributed by atoms with E-state index in [4.69, 9.17) is 13.9 Å². The Morgan fingerprint density at radius 1 is 0.825 bits per heavy atom. The molecular formula is C35H56N2O3. The number of nitrogens with zero attached hydrogens (tertiary/aromatic N) is 2. The molecule has 0 radical (unpaired) electrons. The zero-order valence-corrected chi connectivity index (χ0v) is 25.6. The Morgan fingerprint density at radius 3 is 2.27 bits per heavy atom. The molecule has 0 N–H and O–H groups in total. The molecule has 40 heavy (non-hydrogen) atoms. The molecule has 6 aliphatic rings. The number of likely N-dealkylation sites (tertiary alicyclic amines) is 2. The van der Waals surface area contributed by atoms with Crippen molar-refractivity contribution in [1.82, 2.24) is 9.80 Å². The highest BCUT2D eigenvalue weighted by molar-refractivity contribution is 5.27. The Kier molecular flexibility index (Phi) is 7.90. The summed E-state index contributed by atoms with van der Waals surface area (Å²) in [6, 6.07) is 2.22. The molecule has 8 atom stereocenters. The highest BCUT2D eigenvalue weighted by Crippen LogP contribution is 2.71. The van der Waals surface area contributed by atoms with E-state index in [1.807, 2.05) is 12.5 Å². The van der Waals surface area contributed by atoms with Gasteiger partial charge in [-0.05, 0) is 145 Å². The second-order valence-electron chi connectivity index (χ2n) is 15.2. The van der Waals surface area contributed by atoms with Crippen molar-refractivity contribution in [3.63, 3.8) is 0 Å². The summed E-state index contributed by atoms with van der Waals surface area (Å²) < 4.78 is 19.4. The van der Waals surface area contributed by atoms with E-state index >= 15 is 0 Å². The van der Waals surface area contributed by atoms with Crippen LogP contribution in [0.3, 0.4) is 0 Å². The summed E-state index contributed by atoms with van der Waals surface area (Å²) in [7, 11) is 0. The van der Waals surface area contributed by atoms with Crippen LogP contribution in [-0.4, -0.2) is 68.4 Å². The van der Waals surface area contributed by atoms with Crippen LogP contribution in [0.4, 0.5) is 0 Å². The maximum absolute atomic E-state index is 7.15. The number of ether oxygens (including phenoxy) is 2. The second kappa shape index (κ2) is 11.3. The van der Waals surface area contributed by atoms with Crippen LogP contribution in [0.1, 0.15) is 103 Å². The highest BCUT2D eigenvalue weighted by atomic mass is 16.5. The molecule has 3 unspecified atom stereocenters. The van der Waals surface area contributed by atoms with Gasteiger partial charge in [-0.25, -0.2) is 0 Å². The van der Waals surface area contributed by atoms with Gasteiger partial charge in [-0.2, -0.15) is 0 Å². The first kappa shape index (κ1) is 27.9. The van der Waals surface area contributed by atoms with Crippen molar-refractivity contribution in [2.75, 3.05) is 52.5 Å². The first-order valence-electron chi connectivity index (χ1n) is 17.2. The molecule has 224 valence electrons. The Balaban J connectivity index is 1.03. The van der Waals surface area contributed by atoms with Gasteiger partial charge in [-0.3, -0.25) is 0 Å². The SMILES string of the molecule is C[C@]12CCC(OCCN3CCCC3)CC1CC[C@@H]1[C@H]2CC[C@@]2(C)[C@H]1CCC2(OCCN1CCCC1)c1ccoc1. The summed E-state index contributed by atoms with van der Waals surface area (Å²) >= 11 is 0.